The van der Waals surface area contributed by atoms with Gasteiger partial charge < -0.3 is 20.1 Å². The lowest BCUT2D eigenvalue weighted by molar-refractivity contribution is -0.146. The lowest BCUT2D eigenvalue weighted by Crippen LogP contribution is -2.43. The number of carbonyl (C=O) groups excluding carboxylic acids is 4. The van der Waals surface area contributed by atoms with Gasteiger partial charge in [-0.1, -0.05) is 24.3 Å². The van der Waals surface area contributed by atoms with E-state index in [1.54, 1.807) is 18.2 Å². The van der Waals surface area contributed by atoms with Gasteiger partial charge in [0.1, 0.15) is 12.1 Å². The van der Waals surface area contributed by atoms with Gasteiger partial charge in [0.25, 0.3) is 0 Å². The predicted octanol–water partition coefficient (Wildman–Crippen LogP) is 3.40. The van der Waals surface area contributed by atoms with Gasteiger partial charge >= 0.3 is 11.9 Å². The molecular formula is C28H28N2O6S. The van der Waals surface area contributed by atoms with Crippen molar-refractivity contribution in [2.75, 3.05) is 19.8 Å². The minimum absolute atomic E-state index is 0.245. The van der Waals surface area contributed by atoms with Crippen molar-refractivity contribution in [3.8, 4) is 0 Å². The SMILES string of the molecule is O=C(COC(=O)C1CCCN1)c1ccc2c(c1)sc1cc(C(=O)COC(=O)C3NC4CCC3C4)ccc12. The molecule has 9 heteroatoms. The zero-order valence-corrected chi connectivity index (χ0v) is 21.1. The minimum atomic E-state index is -0.386. The van der Waals surface area contributed by atoms with Crippen LogP contribution in [0.1, 0.15) is 52.8 Å². The fraction of sp³-hybridized carbons (Fsp3) is 0.429. The van der Waals surface area contributed by atoms with Crippen LogP contribution in [-0.2, 0) is 19.1 Å². The molecule has 2 aliphatic heterocycles. The van der Waals surface area contributed by atoms with Crippen molar-refractivity contribution in [3.05, 3.63) is 47.5 Å². The topological polar surface area (TPSA) is 111 Å². The van der Waals surface area contributed by atoms with Crippen LogP contribution in [0, 0.1) is 5.92 Å². The van der Waals surface area contributed by atoms with E-state index in [2.05, 4.69) is 10.6 Å². The number of fused-ring (bicyclic) bond motifs is 5. The Hall–Kier alpha value is -3.14. The quantitative estimate of drug-likeness (QED) is 0.344. The molecule has 3 fully saturated rings. The number of rotatable bonds is 8. The molecule has 1 saturated carbocycles. The van der Waals surface area contributed by atoms with E-state index in [0.717, 1.165) is 58.8 Å². The summed E-state index contributed by atoms with van der Waals surface area (Å²) in [7, 11) is 0. The Balaban J connectivity index is 1.11. The first-order valence-electron chi connectivity index (χ1n) is 12.8. The first-order valence-corrected chi connectivity index (χ1v) is 13.6. The van der Waals surface area contributed by atoms with E-state index in [-0.39, 0.29) is 48.8 Å². The van der Waals surface area contributed by atoms with Crippen LogP contribution in [0.3, 0.4) is 0 Å². The summed E-state index contributed by atoms with van der Waals surface area (Å²) in [6.07, 6.45) is 4.79. The minimum Gasteiger partial charge on any atom is -0.456 e. The van der Waals surface area contributed by atoms with E-state index in [9.17, 15) is 19.2 Å². The molecule has 1 aliphatic carbocycles. The van der Waals surface area contributed by atoms with Gasteiger partial charge in [0.15, 0.2) is 24.8 Å². The zero-order chi connectivity index (χ0) is 25.5. The molecule has 6 rings (SSSR count). The normalized spacial score (nSPS) is 24.5. The molecule has 0 radical (unpaired) electrons. The van der Waals surface area contributed by atoms with Crippen molar-refractivity contribution in [3.63, 3.8) is 0 Å². The number of nitrogens with one attached hydrogen (secondary N) is 2. The number of ketones is 2. The number of ether oxygens (including phenoxy) is 2. The van der Waals surface area contributed by atoms with Crippen molar-refractivity contribution in [1.29, 1.82) is 0 Å². The van der Waals surface area contributed by atoms with Crippen molar-refractivity contribution in [2.45, 2.75) is 50.2 Å². The van der Waals surface area contributed by atoms with Crippen molar-refractivity contribution in [2.24, 2.45) is 5.92 Å². The number of esters is 2. The molecule has 1 aromatic heterocycles. The molecule has 3 heterocycles. The molecule has 2 saturated heterocycles. The van der Waals surface area contributed by atoms with Gasteiger partial charge in [0, 0.05) is 37.3 Å². The zero-order valence-electron chi connectivity index (χ0n) is 20.3. The first kappa shape index (κ1) is 24.2. The van der Waals surface area contributed by atoms with E-state index in [4.69, 9.17) is 9.47 Å². The van der Waals surface area contributed by atoms with E-state index < -0.39 is 0 Å². The maximum Gasteiger partial charge on any atom is 0.323 e. The summed E-state index contributed by atoms with van der Waals surface area (Å²) >= 11 is 1.48. The van der Waals surface area contributed by atoms with E-state index in [1.165, 1.54) is 11.3 Å². The standard InChI is InChI=1S/C28H28N2O6S/c31-22(13-35-27(33)21-2-1-9-29-21)15-4-7-19-20-8-5-16(12-25(20)37-24(19)11-15)23(32)14-36-28(34)26-17-3-6-18(10-17)30-26/h4-5,7-8,11-12,17-18,21,26,29-30H,1-3,6,9-10,13-14H2. The molecule has 0 amide bonds. The molecule has 3 aromatic rings. The van der Waals surface area contributed by atoms with Crippen LogP contribution < -0.4 is 10.6 Å². The number of thiophene rings is 1. The molecule has 4 unspecified atom stereocenters. The van der Waals surface area contributed by atoms with E-state index >= 15 is 0 Å². The van der Waals surface area contributed by atoms with Crippen LogP contribution in [0.15, 0.2) is 36.4 Å². The van der Waals surface area contributed by atoms with Gasteiger partial charge in [-0.05, 0) is 56.7 Å². The second-order valence-corrected chi connectivity index (χ2v) is 11.2. The maximum absolute atomic E-state index is 12.8. The Bertz CT molecular complexity index is 1410. The largest absolute Gasteiger partial charge is 0.456 e. The summed E-state index contributed by atoms with van der Waals surface area (Å²) in [5.74, 6) is -0.913. The Morgan fingerprint density at radius 2 is 1.49 bits per heavy atom. The molecule has 2 aromatic carbocycles. The second kappa shape index (κ2) is 9.96. The lowest BCUT2D eigenvalue weighted by atomic mass is 10.0. The summed E-state index contributed by atoms with van der Waals surface area (Å²) in [4.78, 5) is 49.9. The molecular weight excluding hydrogens is 492 g/mol. The summed E-state index contributed by atoms with van der Waals surface area (Å²) in [5.41, 5.74) is 0.958. The number of Topliss-reactive ketones (excluding diaryl/α,β-unsaturated/α-hetero) is 2. The third-order valence-electron chi connectivity index (χ3n) is 7.77. The maximum atomic E-state index is 12.8. The highest BCUT2D eigenvalue weighted by Gasteiger charge is 2.43. The molecule has 3 aliphatic rings. The fourth-order valence-electron chi connectivity index (χ4n) is 5.76. The van der Waals surface area contributed by atoms with Gasteiger partial charge in [-0.3, -0.25) is 19.2 Å². The molecule has 2 N–H and O–H groups in total. The molecule has 8 nitrogen and oxygen atoms in total. The van der Waals surface area contributed by atoms with Crippen molar-refractivity contribution < 1.29 is 28.7 Å². The Morgan fingerprint density at radius 1 is 0.838 bits per heavy atom. The fourth-order valence-corrected chi connectivity index (χ4v) is 6.95. The predicted molar refractivity (Wildman–Crippen MR) is 139 cm³/mol. The average molecular weight is 521 g/mol. The Morgan fingerprint density at radius 3 is 2.03 bits per heavy atom. The molecule has 0 spiro atoms. The Kier molecular flexibility index (Phi) is 6.52. The van der Waals surface area contributed by atoms with Gasteiger partial charge in [0.05, 0.1) is 0 Å². The third kappa shape index (κ3) is 4.79. The monoisotopic (exact) mass is 520 g/mol. The van der Waals surface area contributed by atoms with Crippen LogP contribution in [0.2, 0.25) is 0 Å². The van der Waals surface area contributed by atoms with Crippen LogP contribution in [0.5, 0.6) is 0 Å². The number of hydrogen-bond donors (Lipinski definition) is 2. The number of piperidine rings is 1. The third-order valence-corrected chi connectivity index (χ3v) is 8.88. The van der Waals surface area contributed by atoms with Crippen LogP contribution in [0.25, 0.3) is 20.2 Å². The van der Waals surface area contributed by atoms with Crippen LogP contribution >= 0.6 is 11.3 Å². The second-order valence-electron chi connectivity index (χ2n) is 10.1. The summed E-state index contributed by atoms with van der Waals surface area (Å²) in [6, 6.07) is 10.6. The van der Waals surface area contributed by atoms with Gasteiger partial charge in [-0.2, -0.15) is 0 Å². The summed E-state index contributed by atoms with van der Waals surface area (Å²) in [6.45, 7) is 0.217. The number of hydrogen-bond acceptors (Lipinski definition) is 9. The van der Waals surface area contributed by atoms with Gasteiger partial charge in [0.2, 0.25) is 0 Å². The molecule has 4 atom stereocenters. The highest BCUT2D eigenvalue weighted by Crippen LogP contribution is 2.36. The first-order chi connectivity index (χ1) is 18.0. The van der Waals surface area contributed by atoms with Crippen LogP contribution in [0.4, 0.5) is 0 Å². The molecule has 37 heavy (non-hydrogen) atoms. The van der Waals surface area contributed by atoms with Crippen LogP contribution in [-0.4, -0.2) is 61.4 Å². The summed E-state index contributed by atoms with van der Waals surface area (Å²) < 4.78 is 12.4. The smallest absolute Gasteiger partial charge is 0.323 e. The summed E-state index contributed by atoms with van der Waals surface area (Å²) in [5, 5.41) is 8.33. The van der Waals surface area contributed by atoms with Gasteiger partial charge in [-0.15, -0.1) is 11.3 Å². The van der Waals surface area contributed by atoms with E-state index in [0.29, 0.717) is 23.1 Å². The average Bonchev–Trinajstić information content (AvgIpc) is 3.73. The van der Waals surface area contributed by atoms with Crippen molar-refractivity contribution in [1.82, 2.24) is 10.6 Å². The highest BCUT2D eigenvalue weighted by molar-refractivity contribution is 7.25. The number of carbonyl (C=O) groups is 4. The van der Waals surface area contributed by atoms with E-state index in [1.807, 2.05) is 18.2 Å². The highest BCUT2D eigenvalue weighted by atomic mass is 32.1. The lowest BCUT2D eigenvalue weighted by Gasteiger charge is -2.21. The molecule has 192 valence electrons. The van der Waals surface area contributed by atoms with Crippen molar-refractivity contribution >= 4 is 55.0 Å². The van der Waals surface area contributed by atoms with Gasteiger partial charge in [-0.25, -0.2) is 0 Å². The molecule has 2 bridgehead atoms. The number of benzene rings is 2. The Labute approximate surface area is 217 Å².